The summed E-state index contributed by atoms with van der Waals surface area (Å²) in [5.74, 6) is -0.239. The minimum atomic E-state index is -0.239. The Kier molecular flexibility index (Phi) is 8.18. The third-order valence-corrected chi connectivity index (χ3v) is 7.23. The maximum absolute atomic E-state index is 11.9. The molecule has 9 heteroatoms. The number of carbonyl (C=O) groups excluding carboxylic acids is 1. The lowest BCUT2D eigenvalue weighted by Crippen LogP contribution is -2.37. The molecule has 2 aromatic rings. The van der Waals surface area contributed by atoms with Crippen LogP contribution in [0, 0.1) is 13.8 Å². The first kappa shape index (κ1) is 24.6. The summed E-state index contributed by atoms with van der Waals surface area (Å²) in [5, 5.41) is 4.11. The number of rotatable bonds is 9. The van der Waals surface area contributed by atoms with Gasteiger partial charge in [-0.15, -0.1) is 0 Å². The van der Waals surface area contributed by atoms with Crippen molar-refractivity contribution in [3.8, 4) is 0 Å². The van der Waals surface area contributed by atoms with Crippen LogP contribution in [0.4, 0.5) is 0 Å². The number of aromatic nitrogens is 2. The molecule has 2 aliphatic rings. The van der Waals surface area contributed by atoms with Gasteiger partial charge in [0.1, 0.15) is 0 Å². The highest BCUT2D eigenvalue weighted by molar-refractivity contribution is 7.80. The van der Waals surface area contributed by atoms with Crippen LogP contribution in [0.25, 0.3) is 0 Å². The highest BCUT2D eigenvalue weighted by atomic mass is 32.1. The lowest BCUT2D eigenvalue weighted by molar-refractivity contribution is -0.140. The topological polar surface area (TPSA) is 71.9 Å². The molecule has 0 spiro atoms. The zero-order valence-corrected chi connectivity index (χ0v) is 21.1. The average molecular weight is 486 g/mol. The van der Waals surface area contributed by atoms with Gasteiger partial charge in [0.15, 0.2) is 5.11 Å². The van der Waals surface area contributed by atoms with E-state index in [2.05, 4.69) is 44.6 Å². The first-order valence-corrected chi connectivity index (χ1v) is 12.4. The van der Waals surface area contributed by atoms with Gasteiger partial charge in [0.25, 0.3) is 0 Å². The third-order valence-electron chi connectivity index (χ3n) is 6.87. The van der Waals surface area contributed by atoms with Crippen molar-refractivity contribution >= 4 is 23.3 Å². The van der Waals surface area contributed by atoms with Gasteiger partial charge in [-0.1, -0.05) is 6.07 Å². The van der Waals surface area contributed by atoms with Crippen LogP contribution < -0.4 is 5.32 Å². The predicted octanol–water partition coefficient (Wildman–Crippen LogP) is 2.76. The zero-order chi connectivity index (χ0) is 24.1. The summed E-state index contributed by atoms with van der Waals surface area (Å²) < 4.78 is 12.8. The van der Waals surface area contributed by atoms with E-state index in [1.165, 1.54) is 24.1 Å². The summed E-state index contributed by atoms with van der Waals surface area (Å²) in [5.41, 5.74) is 4.63. The molecular weight excluding hydrogens is 450 g/mol. The lowest BCUT2D eigenvalue weighted by Gasteiger charge is -2.28. The van der Waals surface area contributed by atoms with Crippen molar-refractivity contribution in [3.05, 3.63) is 53.1 Å². The Morgan fingerprint density at radius 1 is 1.24 bits per heavy atom. The van der Waals surface area contributed by atoms with Gasteiger partial charge in [0, 0.05) is 50.3 Å². The Balaban J connectivity index is 1.57. The van der Waals surface area contributed by atoms with E-state index in [1.54, 1.807) is 0 Å². The monoisotopic (exact) mass is 485 g/mol. The molecule has 2 aliphatic heterocycles. The van der Waals surface area contributed by atoms with E-state index in [1.807, 2.05) is 24.4 Å². The van der Waals surface area contributed by atoms with Crippen molar-refractivity contribution in [3.63, 3.8) is 0 Å². The molecule has 0 aliphatic carbocycles. The second-order valence-electron chi connectivity index (χ2n) is 8.93. The molecule has 2 aromatic heterocycles. The van der Waals surface area contributed by atoms with Gasteiger partial charge in [0.05, 0.1) is 44.5 Å². The van der Waals surface area contributed by atoms with E-state index >= 15 is 0 Å². The van der Waals surface area contributed by atoms with Crippen molar-refractivity contribution in [1.29, 1.82) is 0 Å². The highest BCUT2D eigenvalue weighted by Crippen LogP contribution is 2.40. The molecule has 1 N–H and O–H groups in total. The fourth-order valence-corrected chi connectivity index (χ4v) is 5.38. The molecule has 2 saturated heterocycles. The Morgan fingerprint density at radius 2 is 2.03 bits per heavy atom. The van der Waals surface area contributed by atoms with E-state index in [0.29, 0.717) is 11.7 Å². The normalized spacial score (nSPS) is 21.0. The molecule has 34 heavy (non-hydrogen) atoms. The third kappa shape index (κ3) is 5.42. The van der Waals surface area contributed by atoms with Crippen LogP contribution in [-0.2, 0) is 20.8 Å². The zero-order valence-electron chi connectivity index (χ0n) is 20.3. The SMILES string of the molecule is COC(=O)CCN1C(=S)N[C@@H](c2ccccn2)[C@H]1c1cc(C)n(CCCN2CCOCC2)c1C. The number of morpholine rings is 1. The van der Waals surface area contributed by atoms with Crippen LogP contribution in [0.2, 0.25) is 0 Å². The Labute approximate surface area is 207 Å². The van der Waals surface area contributed by atoms with E-state index in [4.69, 9.17) is 21.7 Å². The van der Waals surface area contributed by atoms with Gasteiger partial charge in [-0.3, -0.25) is 14.7 Å². The summed E-state index contributed by atoms with van der Waals surface area (Å²) >= 11 is 5.72. The maximum Gasteiger partial charge on any atom is 0.307 e. The van der Waals surface area contributed by atoms with Crippen molar-refractivity contribution in [2.75, 3.05) is 46.5 Å². The van der Waals surface area contributed by atoms with Gasteiger partial charge in [-0.2, -0.15) is 0 Å². The number of esters is 1. The number of hydrogen-bond acceptors (Lipinski definition) is 6. The van der Waals surface area contributed by atoms with E-state index in [0.717, 1.165) is 51.5 Å². The standard InChI is InChI=1S/C25H35N5O3S/c1-18-17-20(19(2)29(18)11-6-10-28-13-15-33-16-14-28)24-23(21-7-4-5-9-26-21)27-25(34)30(24)12-8-22(31)32-3/h4-5,7,9,17,23-24H,6,8,10-16H2,1-3H3,(H,27,34)/t23-,24+/m0/s1. The van der Waals surface area contributed by atoms with Gasteiger partial charge in [0.2, 0.25) is 0 Å². The molecule has 0 aromatic carbocycles. The Hall–Kier alpha value is -2.49. The number of carbonyl (C=O) groups is 1. The first-order valence-electron chi connectivity index (χ1n) is 12.0. The summed E-state index contributed by atoms with van der Waals surface area (Å²) in [6.07, 6.45) is 3.18. The van der Waals surface area contributed by atoms with Gasteiger partial charge >= 0.3 is 5.97 Å². The van der Waals surface area contributed by atoms with Crippen LogP contribution in [0.3, 0.4) is 0 Å². The number of pyridine rings is 1. The number of nitrogens with zero attached hydrogens (tertiary/aromatic N) is 4. The van der Waals surface area contributed by atoms with E-state index in [9.17, 15) is 4.79 Å². The first-order chi connectivity index (χ1) is 16.5. The predicted molar refractivity (Wildman–Crippen MR) is 135 cm³/mol. The fraction of sp³-hybridized carbons (Fsp3) is 0.560. The largest absolute Gasteiger partial charge is 0.469 e. The minimum Gasteiger partial charge on any atom is -0.469 e. The average Bonchev–Trinajstić information content (AvgIpc) is 3.33. The molecule has 0 unspecified atom stereocenters. The van der Waals surface area contributed by atoms with Crippen LogP contribution in [0.1, 0.15) is 47.6 Å². The van der Waals surface area contributed by atoms with E-state index in [-0.39, 0.29) is 24.5 Å². The van der Waals surface area contributed by atoms with Gasteiger partial charge < -0.3 is 24.3 Å². The maximum atomic E-state index is 11.9. The molecule has 8 nitrogen and oxygen atoms in total. The second-order valence-corrected chi connectivity index (χ2v) is 9.32. The summed E-state index contributed by atoms with van der Waals surface area (Å²) in [4.78, 5) is 21.1. The van der Waals surface area contributed by atoms with Gasteiger partial charge in [-0.25, -0.2) is 0 Å². The minimum absolute atomic E-state index is 0.0498. The van der Waals surface area contributed by atoms with Crippen LogP contribution in [0.5, 0.6) is 0 Å². The van der Waals surface area contributed by atoms with Crippen LogP contribution in [0.15, 0.2) is 30.5 Å². The Bertz CT molecular complexity index is 990. The van der Waals surface area contributed by atoms with Crippen molar-refractivity contribution in [2.45, 2.75) is 45.3 Å². The quantitative estimate of drug-likeness (QED) is 0.430. The molecule has 2 atom stereocenters. The smallest absolute Gasteiger partial charge is 0.307 e. The number of thiocarbonyl (C=S) groups is 1. The molecule has 4 rings (SSSR count). The molecule has 0 radical (unpaired) electrons. The van der Waals surface area contributed by atoms with Crippen LogP contribution >= 0.6 is 12.2 Å². The highest BCUT2D eigenvalue weighted by Gasteiger charge is 2.41. The summed E-state index contributed by atoms with van der Waals surface area (Å²) in [7, 11) is 1.42. The Morgan fingerprint density at radius 3 is 2.74 bits per heavy atom. The lowest BCUT2D eigenvalue weighted by atomic mass is 9.96. The number of ether oxygens (including phenoxy) is 2. The summed E-state index contributed by atoms with van der Waals surface area (Å²) in [6.45, 7) is 10.6. The number of methoxy groups -OCH3 is 1. The van der Waals surface area contributed by atoms with Crippen molar-refractivity contribution in [2.24, 2.45) is 0 Å². The fourth-order valence-electron chi connectivity index (χ4n) is 5.05. The molecule has 4 heterocycles. The molecule has 184 valence electrons. The molecule has 0 bridgehead atoms. The second kappa shape index (κ2) is 11.3. The molecule has 0 amide bonds. The van der Waals surface area contributed by atoms with Crippen molar-refractivity contribution in [1.82, 2.24) is 24.7 Å². The molecule has 0 saturated carbocycles. The summed E-state index contributed by atoms with van der Waals surface area (Å²) in [6, 6.07) is 8.07. The van der Waals surface area contributed by atoms with E-state index < -0.39 is 0 Å². The van der Waals surface area contributed by atoms with Crippen LogP contribution in [-0.4, -0.2) is 76.9 Å². The number of aryl methyl sites for hydroxylation is 1. The number of hydrogen-bond donors (Lipinski definition) is 1. The van der Waals surface area contributed by atoms with Crippen molar-refractivity contribution < 1.29 is 14.3 Å². The molecular formula is C25H35N5O3S. The van der Waals surface area contributed by atoms with Gasteiger partial charge in [-0.05, 0) is 56.2 Å². The molecule has 2 fully saturated rings. The number of nitrogens with one attached hydrogen (secondary N) is 1.